The first kappa shape index (κ1) is 20.2. The maximum Gasteiger partial charge on any atom is 0.404 e. The summed E-state index contributed by atoms with van der Waals surface area (Å²) in [6.45, 7) is 0. The lowest BCUT2D eigenvalue weighted by molar-refractivity contribution is 0.134. The van der Waals surface area contributed by atoms with Gasteiger partial charge in [0.25, 0.3) is 0 Å². The lowest BCUT2D eigenvalue weighted by Gasteiger charge is -2.29. The molecule has 0 radical (unpaired) electrons. The van der Waals surface area contributed by atoms with Crippen LogP contribution in [-0.4, -0.2) is 35.4 Å². The van der Waals surface area contributed by atoms with Crippen LogP contribution in [0.5, 0.6) is 11.5 Å². The first-order valence-corrected chi connectivity index (χ1v) is 10.7. The Morgan fingerprint density at radius 2 is 1.91 bits per heavy atom. The van der Waals surface area contributed by atoms with Crippen molar-refractivity contribution in [1.29, 1.82) is 0 Å². The van der Waals surface area contributed by atoms with Crippen molar-refractivity contribution in [2.24, 2.45) is 0 Å². The van der Waals surface area contributed by atoms with E-state index in [2.05, 4.69) is 10.3 Å². The van der Waals surface area contributed by atoms with E-state index in [9.17, 15) is 4.79 Å². The number of amides is 1. The van der Waals surface area contributed by atoms with E-state index in [1.807, 2.05) is 42.5 Å². The van der Waals surface area contributed by atoms with Crippen LogP contribution in [-0.2, 0) is 0 Å². The van der Waals surface area contributed by atoms with Crippen molar-refractivity contribution < 1.29 is 23.8 Å². The summed E-state index contributed by atoms with van der Waals surface area (Å²) in [5.41, 5.74) is 1.70. The topological polar surface area (TPSA) is 93.8 Å². The van der Waals surface area contributed by atoms with Crippen molar-refractivity contribution in [3.8, 4) is 22.8 Å². The largest absolute Gasteiger partial charge is 0.496 e. The summed E-state index contributed by atoms with van der Waals surface area (Å²) < 4.78 is 18.0. The number of nitrogens with zero attached hydrogens (tertiary/aromatic N) is 1. The van der Waals surface area contributed by atoms with E-state index in [1.165, 1.54) is 0 Å². The molecule has 164 valence electrons. The second kappa shape index (κ2) is 8.42. The number of carboxylic acid groups (broad SMARTS) is 1. The number of carbonyl (C=O) groups is 1. The van der Waals surface area contributed by atoms with Gasteiger partial charge in [0.1, 0.15) is 22.8 Å². The molecule has 2 aromatic carbocycles. The van der Waals surface area contributed by atoms with Crippen LogP contribution in [0.1, 0.15) is 25.7 Å². The van der Waals surface area contributed by atoms with Crippen LogP contribution < -0.4 is 14.8 Å². The van der Waals surface area contributed by atoms with Crippen molar-refractivity contribution >= 4 is 27.8 Å². The van der Waals surface area contributed by atoms with Gasteiger partial charge in [0.2, 0.25) is 0 Å². The molecule has 2 aromatic heterocycles. The summed E-state index contributed by atoms with van der Waals surface area (Å²) in [7, 11) is 1.63. The zero-order chi connectivity index (χ0) is 22.1. The average molecular weight is 432 g/mol. The van der Waals surface area contributed by atoms with Gasteiger partial charge in [-0.25, -0.2) is 4.79 Å². The van der Waals surface area contributed by atoms with Gasteiger partial charge in [0.15, 0.2) is 0 Å². The molecule has 4 aromatic rings. The number of ether oxygens (including phenoxy) is 2. The van der Waals surface area contributed by atoms with E-state index in [1.54, 1.807) is 19.5 Å². The van der Waals surface area contributed by atoms with Gasteiger partial charge in [-0.15, -0.1) is 0 Å². The third kappa shape index (κ3) is 3.93. The number of methoxy groups -OCH3 is 1. The monoisotopic (exact) mass is 432 g/mol. The molecule has 1 aliphatic carbocycles. The minimum Gasteiger partial charge on any atom is -0.496 e. The van der Waals surface area contributed by atoms with Gasteiger partial charge in [0, 0.05) is 46.2 Å². The molecule has 0 unspecified atom stereocenters. The zero-order valence-electron chi connectivity index (χ0n) is 17.7. The van der Waals surface area contributed by atoms with E-state index in [-0.39, 0.29) is 12.1 Å². The number of aromatic nitrogens is 1. The molecule has 7 heteroatoms. The third-order valence-electron chi connectivity index (χ3n) is 6.03. The van der Waals surface area contributed by atoms with Crippen molar-refractivity contribution in [3.63, 3.8) is 0 Å². The Morgan fingerprint density at radius 1 is 1.09 bits per heavy atom. The lowest BCUT2D eigenvalue weighted by atomic mass is 9.93. The highest BCUT2D eigenvalue weighted by Crippen LogP contribution is 2.39. The second-order valence-corrected chi connectivity index (χ2v) is 8.10. The Kier molecular flexibility index (Phi) is 5.31. The highest BCUT2D eigenvalue weighted by atomic mass is 16.5. The summed E-state index contributed by atoms with van der Waals surface area (Å²) in [5, 5.41) is 14.3. The molecule has 1 saturated carbocycles. The second-order valence-electron chi connectivity index (χ2n) is 8.10. The molecule has 1 aliphatic rings. The first-order chi connectivity index (χ1) is 15.6. The van der Waals surface area contributed by atoms with Gasteiger partial charge in [-0.3, -0.25) is 4.98 Å². The number of para-hydroxylation sites is 1. The predicted octanol–water partition coefficient (Wildman–Crippen LogP) is 5.61. The molecule has 2 heterocycles. The van der Waals surface area contributed by atoms with Crippen molar-refractivity contribution in [2.75, 3.05) is 7.11 Å². The standard InChI is InChI=1S/C25H24N2O5/c1-30-23-12-18(31-17-8-6-16(7-9-17)27-25(28)29)11-19-20(23)13-26-14-21(19)24-10-15-4-2-3-5-22(15)32-24/h2-5,10-14,16-17,27H,6-9H2,1H3,(H,28,29). The fraction of sp³-hybridized carbons (Fsp3) is 0.280. The molecule has 0 bridgehead atoms. The summed E-state index contributed by atoms with van der Waals surface area (Å²) >= 11 is 0. The highest BCUT2D eigenvalue weighted by Gasteiger charge is 2.24. The molecular formula is C25H24N2O5. The quantitative estimate of drug-likeness (QED) is 0.425. The fourth-order valence-electron chi connectivity index (χ4n) is 4.45. The molecule has 5 rings (SSSR count). The Hall–Kier alpha value is -3.74. The highest BCUT2D eigenvalue weighted by molar-refractivity contribution is 6.00. The predicted molar refractivity (Wildman–Crippen MR) is 121 cm³/mol. The molecule has 7 nitrogen and oxygen atoms in total. The first-order valence-electron chi connectivity index (χ1n) is 10.7. The zero-order valence-corrected chi connectivity index (χ0v) is 17.7. The number of hydrogen-bond acceptors (Lipinski definition) is 5. The van der Waals surface area contributed by atoms with Gasteiger partial charge >= 0.3 is 6.09 Å². The van der Waals surface area contributed by atoms with Gasteiger partial charge < -0.3 is 24.3 Å². The molecule has 1 amide bonds. The molecule has 2 N–H and O–H groups in total. The van der Waals surface area contributed by atoms with Gasteiger partial charge in [-0.2, -0.15) is 0 Å². The van der Waals surface area contributed by atoms with Crippen LogP contribution in [0.4, 0.5) is 4.79 Å². The normalized spacial score (nSPS) is 18.5. The molecule has 0 atom stereocenters. The summed E-state index contributed by atoms with van der Waals surface area (Å²) in [6.07, 6.45) is 5.74. The van der Waals surface area contributed by atoms with Gasteiger partial charge in [-0.05, 0) is 43.9 Å². The van der Waals surface area contributed by atoms with Crippen molar-refractivity contribution in [1.82, 2.24) is 10.3 Å². The van der Waals surface area contributed by atoms with Crippen molar-refractivity contribution in [2.45, 2.75) is 37.8 Å². The van der Waals surface area contributed by atoms with E-state index in [0.717, 1.165) is 58.7 Å². The van der Waals surface area contributed by atoms with Crippen LogP contribution >= 0.6 is 0 Å². The van der Waals surface area contributed by atoms with Crippen molar-refractivity contribution in [3.05, 3.63) is 54.9 Å². The van der Waals surface area contributed by atoms with E-state index >= 15 is 0 Å². The lowest BCUT2D eigenvalue weighted by Crippen LogP contribution is -2.38. The number of nitrogens with one attached hydrogen (secondary N) is 1. The number of pyridine rings is 1. The van der Waals surface area contributed by atoms with Gasteiger partial charge in [0.05, 0.1) is 13.2 Å². The summed E-state index contributed by atoms with van der Waals surface area (Å²) in [4.78, 5) is 15.3. The SMILES string of the molecule is COc1cc(OC2CCC(NC(=O)O)CC2)cc2c(-c3cc4ccccc4o3)cncc12. The Labute approximate surface area is 185 Å². The van der Waals surface area contributed by atoms with E-state index in [4.69, 9.17) is 19.0 Å². The van der Waals surface area contributed by atoms with E-state index in [0.29, 0.717) is 11.5 Å². The van der Waals surface area contributed by atoms with Crippen LogP contribution in [0, 0.1) is 0 Å². The molecular weight excluding hydrogens is 408 g/mol. The molecule has 32 heavy (non-hydrogen) atoms. The Balaban J connectivity index is 1.47. The smallest absolute Gasteiger partial charge is 0.404 e. The number of benzene rings is 2. The molecule has 0 saturated heterocycles. The van der Waals surface area contributed by atoms with Crippen LogP contribution in [0.3, 0.4) is 0 Å². The summed E-state index contributed by atoms with van der Waals surface area (Å²) in [5.74, 6) is 2.14. The van der Waals surface area contributed by atoms with Gasteiger partial charge in [-0.1, -0.05) is 18.2 Å². The maximum absolute atomic E-state index is 10.9. The molecule has 1 fully saturated rings. The number of fused-ring (bicyclic) bond motifs is 2. The minimum atomic E-state index is -0.972. The van der Waals surface area contributed by atoms with Crippen LogP contribution in [0.25, 0.3) is 33.1 Å². The minimum absolute atomic E-state index is 0.00995. The Morgan fingerprint density at radius 3 is 2.66 bits per heavy atom. The fourth-order valence-corrected chi connectivity index (χ4v) is 4.45. The number of hydrogen-bond donors (Lipinski definition) is 2. The van der Waals surface area contributed by atoms with Crippen LogP contribution in [0.15, 0.2) is 59.3 Å². The molecule has 0 aliphatic heterocycles. The molecule has 0 spiro atoms. The maximum atomic E-state index is 10.9. The number of furan rings is 1. The van der Waals surface area contributed by atoms with Crippen LogP contribution in [0.2, 0.25) is 0 Å². The average Bonchev–Trinajstić information content (AvgIpc) is 3.23. The Bertz CT molecular complexity index is 1240. The third-order valence-corrected chi connectivity index (χ3v) is 6.03. The summed E-state index contributed by atoms with van der Waals surface area (Å²) in [6, 6.07) is 13.8. The van der Waals surface area contributed by atoms with E-state index < -0.39 is 6.09 Å². The number of rotatable bonds is 5.